The largest absolute Gasteiger partial charge is 0.321 e. The first-order valence-electron chi connectivity index (χ1n) is 21.1. The van der Waals surface area contributed by atoms with Gasteiger partial charge in [0.2, 0.25) is 0 Å². The maximum atomic E-state index is 6.94. The highest BCUT2D eigenvalue weighted by molar-refractivity contribution is 6.16. The van der Waals surface area contributed by atoms with E-state index in [1.807, 2.05) is 36.4 Å². The van der Waals surface area contributed by atoms with Crippen molar-refractivity contribution in [3.8, 4) is 44.9 Å². The molecule has 7 aromatic carbocycles. The Bertz CT molecular complexity index is 2890. The lowest BCUT2D eigenvalue weighted by atomic mass is 9.80. The smallest absolute Gasteiger partial charge is 0.160 e. The highest BCUT2D eigenvalue weighted by Crippen LogP contribution is 2.39. The number of aliphatic imine (C=N–C) groups is 2. The zero-order chi connectivity index (χ0) is 41.0. The molecule has 5 heteroatoms. The van der Waals surface area contributed by atoms with E-state index in [0.29, 0.717) is 17.6 Å². The summed E-state index contributed by atoms with van der Waals surface area (Å²) < 4.78 is 0. The summed E-state index contributed by atoms with van der Waals surface area (Å²) in [6.07, 6.45) is 6.68. The quantitative estimate of drug-likeness (QED) is 0.148. The monoisotopic (exact) mass is 787 g/mol. The molecule has 0 spiro atoms. The third-order valence-electron chi connectivity index (χ3n) is 11.9. The van der Waals surface area contributed by atoms with Crippen LogP contribution in [0.4, 0.5) is 0 Å². The summed E-state index contributed by atoms with van der Waals surface area (Å²) in [4.78, 5) is 21.0. The van der Waals surface area contributed by atoms with Gasteiger partial charge in [0.15, 0.2) is 11.7 Å². The van der Waals surface area contributed by atoms with Crippen LogP contribution >= 0.6 is 0 Å². The molecule has 294 valence electrons. The van der Waals surface area contributed by atoms with Crippen LogP contribution in [-0.4, -0.2) is 27.6 Å². The van der Waals surface area contributed by atoms with Gasteiger partial charge in [0.1, 0.15) is 0 Å². The minimum atomic E-state index is -0.386. The molecule has 2 heterocycles. The third kappa shape index (κ3) is 8.16. The van der Waals surface area contributed by atoms with Crippen LogP contribution in [0, 0.1) is 0 Å². The Labute approximate surface area is 357 Å². The molecule has 0 radical (unpaired) electrons. The van der Waals surface area contributed by atoms with Gasteiger partial charge in [0.05, 0.1) is 29.2 Å². The minimum Gasteiger partial charge on any atom is -0.321 e. The lowest BCUT2D eigenvalue weighted by molar-refractivity contribution is 0.558. The second-order valence-corrected chi connectivity index (χ2v) is 15.9. The maximum Gasteiger partial charge on any atom is 0.160 e. The van der Waals surface area contributed by atoms with Crippen LogP contribution in [0.1, 0.15) is 58.7 Å². The summed E-state index contributed by atoms with van der Waals surface area (Å²) in [7, 11) is 0. The van der Waals surface area contributed by atoms with Crippen molar-refractivity contribution in [2.75, 3.05) is 0 Å². The Hall–Kier alpha value is -7.34. The number of hydrogen-bond donors (Lipinski definition) is 1. The number of nitrogens with zero attached hydrogens (tertiary/aromatic N) is 4. The van der Waals surface area contributed by atoms with E-state index in [1.165, 1.54) is 11.1 Å². The Kier molecular flexibility index (Phi) is 10.6. The molecule has 0 saturated heterocycles. The van der Waals surface area contributed by atoms with E-state index in [2.05, 4.69) is 176 Å². The van der Waals surface area contributed by atoms with E-state index in [0.717, 1.165) is 74.4 Å². The number of hydrogen-bond acceptors (Lipinski definition) is 5. The number of benzene rings is 7. The fourth-order valence-corrected chi connectivity index (χ4v) is 8.72. The van der Waals surface area contributed by atoms with Crippen molar-refractivity contribution in [1.29, 1.82) is 0 Å². The van der Waals surface area contributed by atoms with Crippen LogP contribution in [0.3, 0.4) is 0 Å². The average molecular weight is 788 g/mol. The molecular formula is C56H45N5. The molecule has 1 aliphatic heterocycles. The van der Waals surface area contributed by atoms with Crippen LogP contribution < -0.4 is 5.73 Å². The number of allylic oxidation sites excluding steroid dienone is 2. The lowest BCUT2D eigenvalue weighted by Crippen LogP contribution is -2.40. The number of aromatic nitrogens is 2. The summed E-state index contributed by atoms with van der Waals surface area (Å²) >= 11 is 0. The Morgan fingerprint density at radius 3 is 1.67 bits per heavy atom. The van der Waals surface area contributed by atoms with Gasteiger partial charge in [-0.1, -0.05) is 188 Å². The van der Waals surface area contributed by atoms with Crippen molar-refractivity contribution in [2.45, 2.75) is 36.8 Å². The van der Waals surface area contributed by atoms with Crippen molar-refractivity contribution < 1.29 is 0 Å². The van der Waals surface area contributed by atoms with E-state index in [4.69, 9.17) is 25.7 Å². The van der Waals surface area contributed by atoms with E-state index < -0.39 is 0 Å². The van der Waals surface area contributed by atoms with Gasteiger partial charge in [-0.15, -0.1) is 0 Å². The standard InChI is InChI=1S/C56H45N5/c57-52-53(40-21-9-3-10-22-40)60-56(61-54(52)41-23-11-4-12-24-41)49-32-16-28-45(36-49)44-27-15-31-48(35-44)55-58-50(46-29-13-25-42(33-46)38-17-5-1-6-18-38)37-51(59-55)47-30-14-26-43(34-47)39-19-7-2-8-20-39/h1-25,27-33,35-37,43,47,52-53H,26,34,57H2/t43?,47?,52-,53?/m0/s1. The Morgan fingerprint density at radius 1 is 0.459 bits per heavy atom. The molecule has 4 atom stereocenters. The van der Waals surface area contributed by atoms with Crippen molar-refractivity contribution >= 4 is 11.5 Å². The second-order valence-electron chi connectivity index (χ2n) is 15.9. The molecule has 0 bridgehead atoms. The molecule has 0 amide bonds. The van der Waals surface area contributed by atoms with Crippen LogP contribution in [0.5, 0.6) is 0 Å². The summed E-state index contributed by atoms with van der Waals surface area (Å²) in [6, 6.07) is 69.2. The summed E-state index contributed by atoms with van der Waals surface area (Å²) in [5.41, 5.74) is 20.5. The Balaban J connectivity index is 1.04. The first kappa shape index (κ1) is 37.9. The molecular weight excluding hydrogens is 743 g/mol. The lowest BCUT2D eigenvalue weighted by Gasteiger charge is -2.27. The highest BCUT2D eigenvalue weighted by atomic mass is 15.0. The number of rotatable bonds is 9. The van der Waals surface area contributed by atoms with Crippen LogP contribution in [0.25, 0.3) is 44.9 Å². The molecule has 1 aromatic heterocycles. The molecule has 2 aliphatic rings. The molecule has 2 N–H and O–H groups in total. The summed E-state index contributed by atoms with van der Waals surface area (Å²) in [6.45, 7) is 0. The molecule has 8 aromatic rings. The second kappa shape index (κ2) is 17.1. The van der Waals surface area contributed by atoms with E-state index >= 15 is 0 Å². The maximum absolute atomic E-state index is 6.94. The van der Waals surface area contributed by atoms with Gasteiger partial charge in [-0.05, 0) is 82.0 Å². The van der Waals surface area contributed by atoms with Crippen LogP contribution in [0.15, 0.2) is 222 Å². The molecule has 0 fully saturated rings. The van der Waals surface area contributed by atoms with E-state index in [9.17, 15) is 0 Å². The van der Waals surface area contributed by atoms with E-state index in [1.54, 1.807) is 0 Å². The van der Waals surface area contributed by atoms with Gasteiger partial charge in [0, 0.05) is 22.6 Å². The van der Waals surface area contributed by atoms with Gasteiger partial charge in [-0.2, -0.15) is 0 Å². The van der Waals surface area contributed by atoms with Gasteiger partial charge < -0.3 is 5.73 Å². The Morgan fingerprint density at radius 2 is 0.984 bits per heavy atom. The highest BCUT2D eigenvalue weighted by Gasteiger charge is 2.30. The molecule has 10 rings (SSSR count). The van der Waals surface area contributed by atoms with Crippen molar-refractivity contribution in [3.63, 3.8) is 0 Å². The average Bonchev–Trinajstić information content (AvgIpc) is 3.35. The van der Waals surface area contributed by atoms with Gasteiger partial charge in [-0.25, -0.2) is 15.0 Å². The van der Waals surface area contributed by atoms with Gasteiger partial charge in [0.25, 0.3) is 0 Å². The SMILES string of the molecule is N[C@@H]1C(c2ccccc2)=NC(c2cccc(-c3cccc(-c4nc(-c5cccc(-c6ccccc6)c5)cc(C5C=CCC(c6ccccc6)C5)n4)c3)c2)=NC1c1ccccc1. The summed E-state index contributed by atoms with van der Waals surface area (Å²) in [5, 5.41) is 0. The van der Waals surface area contributed by atoms with Crippen molar-refractivity contribution in [3.05, 3.63) is 240 Å². The number of amidine groups is 1. The number of nitrogens with two attached hydrogens (primary N) is 1. The topological polar surface area (TPSA) is 76.5 Å². The molecule has 3 unspecified atom stereocenters. The predicted octanol–water partition coefficient (Wildman–Crippen LogP) is 12.7. The predicted molar refractivity (Wildman–Crippen MR) is 251 cm³/mol. The first-order valence-corrected chi connectivity index (χ1v) is 21.1. The van der Waals surface area contributed by atoms with Crippen molar-refractivity contribution in [1.82, 2.24) is 9.97 Å². The van der Waals surface area contributed by atoms with E-state index in [-0.39, 0.29) is 18.0 Å². The first-order chi connectivity index (χ1) is 30.1. The van der Waals surface area contributed by atoms with Crippen LogP contribution in [0.2, 0.25) is 0 Å². The fourth-order valence-electron chi connectivity index (χ4n) is 8.72. The van der Waals surface area contributed by atoms with Crippen LogP contribution in [-0.2, 0) is 0 Å². The normalized spacial score (nSPS) is 18.6. The van der Waals surface area contributed by atoms with Crippen molar-refractivity contribution in [2.24, 2.45) is 15.7 Å². The molecule has 61 heavy (non-hydrogen) atoms. The zero-order valence-electron chi connectivity index (χ0n) is 33.8. The molecule has 0 saturated carbocycles. The van der Waals surface area contributed by atoms with Gasteiger partial charge >= 0.3 is 0 Å². The zero-order valence-corrected chi connectivity index (χ0v) is 33.8. The minimum absolute atomic E-state index is 0.155. The summed E-state index contributed by atoms with van der Waals surface area (Å²) in [5.74, 6) is 1.96. The van der Waals surface area contributed by atoms with Gasteiger partial charge in [-0.3, -0.25) is 4.99 Å². The third-order valence-corrected chi connectivity index (χ3v) is 11.9. The molecule has 1 aliphatic carbocycles. The fraction of sp³-hybridized carbons (Fsp3) is 0.107. The molecule has 5 nitrogen and oxygen atoms in total.